The molecule has 0 fully saturated rings. The Morgan fingerprint density at radius 1 is 1.24 bits per heavy atom. The number of aliphatic imine (C=N–C) groups is 1. The minimum Gasteiger partial charge on any atom is -0.493 e. The zero-order valence-electron chi connectivity index (χ0n) is 22.1. The fourth-order valence-electron chi connectivity index (χ4n) is 6.06. The van der Waals surface area contributed by atoms with Crippen molar-refractivity contribution in [3.05, 3.63) is 64.7 Å². The van der Waals surface area contributed by atoms with E-state index in [1.54, 1.807) is 30.2 Å². The zero-order chi connectivity index (χ0) is 27.0. The zero-order valence-corrected chi connectivity index (χ0v) is 22.1. The lowest BCUT2D eigenvalue weighted by Crippen LogP contribution is -2.55. The summed E-state index contributed by atoms with van der Waals surface area (Å²) in [5.41, 5.74) is 9.02. The number of methoxy groups -OCH3 is 1. The first-order valence-electron chi connectivity index (χ1n) is 13.3. The molecule has 0 saturated heterocycles. The van der Waals surface area contributed by atoms with E-state index in [2.05, 4.69) is 5.32 Å². The van der Waals surface area contributed by atoms with Gasteiger partial charge in [-0.05, 0) is 42.2 Å². The number of rotatable bonds is 7. The van der Waals surface area contributed by atoms with Crippen LogP contribution >= 0.6 is 0 Å². The third kappa shape index (κ3) is 4.54. The van der Waals surface area contributed by atoms with E-state index < -0.39 is 23.7 Å². The predicted octanol–water partition coefficient (Wildman–Crippen LogP) is 2.88. The van der Waals surface area contributed by atoms with E-state index in [4.69, 9.17) is 20.2 Å². The highest BCUT2D eigenvalue weighted by atomic mass is 16.5. The summed E-state index contributed by atoms with van der Waals surface area (Å²) in [6.07, 6.45) is 1.50. The Labute approximate surface area is 223 Å². The van der Waals surface area contributed by atoms with Crippen LogP contribution in [0.3, 0.4) is 0 Å². The summed E-state index contributed by atoms with van der Waals surface area (Å²) in [5.74, 6) is 0.158. The maximum atomic E-state index is 13.6. The van der Waals surface area contributed by atoms with Crippen molar-refractivity contribution < 1.29 is 24.2 Å². The minimum atomic E-state index is -0.699. The highest BCUT2D eigenvalue weighted by Gasteiger charge is 2.45. The van der Waals surface area contributed by atoms with E-state index in [9.17, 15) is 14.7 Å². The molecule has 2 aromatic carbocycles. The molecule has 0 saturated carbocycles. The van der Waals surface area contributed by atoms with Gasteiger partial charge in [0.05, 0.1) is 43.4 Å². The number of aliphatic hydroxyl groups is 1. The largest absolute Gasteiger partial charge is 0.493 e. The highest BCUT2D eigenvalue weighted by molar-refractivity contribution is 6.00. The number of carbonyl (C=O) groups is 2. The second-order valence-corrected chi connectivity index (χ2v) is 10.5. The molecule has 38 heavy (non-hydrogen) atoms. The molecular weight excluding hydrogens is 484 g/mol. The van der Waals surface area contributed by atoms with Crippen LogP contribution in [0.1, 0.15) is 72.2 Å². The quantitative estimate of drug-likeness (QED) is 0.515. The lowest BCUT2D eigenvalue weighted by atomic mass is 9.84. The Bertz CT molecular complexity index is 1260. The molecule has 3 aliphatic rings. The van der Waals surface area contributed by atoms with Crippen LogP contribution in [0.15, 0.2) is 47.5 Å². The van der Waals surface area contributed by atoms with Crippen molar-refractivity contribution in [3.8, 4) is 5.75 Å². The molecule has 0 aromatic heterocycles. The molecule has 1 aliphatic carbocycles. The number of aliphatic hydroxyl groups excluding tert-OH is 1. The Balaban J connectivity index is 1.49. The van der Waals surface area contributed by atoms with Crippen LogP contribution in [0, 0.1) is 5.92 Å². The van der Waals surface area contributed by atoms with E-state index in [1.165, 1.54) is 0 Å². The number of nitrogens with two attached hydrogens (primary N) is 1. The summed E-state index contributed by atoms with van der Waals surface area (Å²) in [6.45, 7) is 4.72. The van der Waals surface area contributed by atoms with E-state index in [-0.39, 0.29) is 30.1 Å². The number of hydrogen-bond donors (Lipinski definition) is 3. The Morgan fingerprint density at radius 3 is 2.71 bits per heavy atom. The van der Waals surface area contributed by atoms with Crippen LogP contribution in [-0.4, -0.2) is 59.7 Å². The first-order valence-corrected chi connectivity index (χ1v) is 13.3. The molecule has 202 valence electrons. The van der Waals surface area contributed by atoms with Gasteiger partial charge in [-0.3, -0.25) is 14.5 Å². The third-order valence-corrected chi connectivity index (χ3v) is 8.30. The molecular formula is C29H36N4O5. The fraction of sp³-hybridized carbons (Fsp3) is 0.483. The average Bonchev–Trinajstić information content (AvgIpc) is 3.23. The van der Waals surface area contributed by atoms with Gasteiger partial charge in [0, 0.05) is 30.6 Å². The van der Waals surface area contributed by atoms with Crippen molar-refractivity contribution in [1.29, 1.82) is 0 Å². The number of guanidine groups is 1. The SMILES string of the molecule is CCC1(CC)CC(=O)N([C@H]2c3cc(C(=O)N[C@@H]4c5ccccc5C[C@H]4O)ccc3OC[C@@H]2COC)C(N)=N1. The van der Waals surface area contributed by atoms with Crippen LogP contribution < -0.4 is 15.8 Å². The van der Waals surface area contributed by atoms with Gasteiger partial charge < -0.3 is 25.6 Å². The number of carbonyl (C=O) groups excluding carboxylic acids is 2. The monoisotopic (exact) mass is 520 g/mol. The summed E-state index contributed by atoms with van der Waals surface area (Å²) in [4.78, 5) is 33.3. The standard InChI is InChI=1S/C29H36N4O5/c1-4-29(5-2)14-24(35)33(28(30)32-29)26-19(15-37-3)16-38-23-11-10-18(12-21(23)26)27(36)31-25-20-9-7-6-8-17(20)13-22(25)34/h6-12,19,22,25-26,34H,4-5,13-16H2,1-3H3,(H2,30,32)(H,31,36)/t19-,22+,25+,26+/m0/s1. The van der Waals surface area contributed by atoms with Gasteiger partial charge in [-0.2, -0.15) is 0 Å². The summed E-state index contributed by atoms with van der Waals surface area (Å²) in [6, 6.07) is 11.9. The minimum absolute atomic E-state index is 0.0966. The van der Waals surface area contributed by atoms with E-state index in [0.717, 1.165) is 24.0 Å². The normalized spacial score (nSPS) is 25.7. The Hall–Kier alpha value is -3.43. The molecule has 0 spiro atoms. The topological polar surface area (TPSA) is 126 Å². The van der Waals surface area contributed by atoms with Crippen molar-refractivity contribution in [2.75, 3.05) is 20.3 Å². The van der Waals surface area contributed by atoms with Crippen LogP contribution in [0.4, 0.5) is 0 Å². The maximum Gasteiger partial charge on any atom is 0.251 e. The first kappa shape index (κ1) is 26.2. The molecule has 2 aromatic rings. The van der Waals surface area contributed by atoms with Gasteiger partial charge in [-0.15, -0.1) is 0 Å². The predicted molar refractivity (Wildman–Crippen MR) is 143 cm³/mol. The number of ether oxygens (including phenoxy) is 2. The maximum absolute atomic E-state index is 13.6. The summed E-state index contributed by atoms with van der Waals surface area (Å²) >= 11 is 0. The van der Waals surface area contributed by atoms with E-state index >= 15 is 0 Å². The number of nitrogens with zero attached hydrogens (tertiary/aromatic N) is 2. The molecule has 2 amide bonds. The number of nitrogens with one attached hydrogen (secondary N) is 1. The fourth-order valence-corrected chi connectivity index (χ4v) is 6.06. The molecule has 9 heteroatoms. The third-order valence-electron chi connectivity index (χ3n) is 8.30. The molecule has 2 aliphatic heterocycles. The molecule has 4 atom stereocenters. The second-order valence-electron chi connectivity index (χ2n) is 10.5. The van der Waals surface area contributed by atoms with Crippen LogP contribution in [-0.2, 0) is 16.0 Å². The summed E-state index contributed by atoms with van der Waals surface area (Å²) < 4.78 is 11.5. The molecule has 9 nitrogen and oxygen atoms in total. The number of benzene rings is 2. The molecule has 5 rings (SSSR count). The van der Waals surface area contributed by atoms with Crippen molar-refractivity contribution in [2.24, 2.45) is 16.6 Å². The number of hydrogen-bond acceptors (Lipinski definition) is 7. The van der Waals surface area contributed by atoms with Gasteiger partial charge in [0.1, 0.15) is 5.75 Å². The van der Waals surface area contributed by atoms with Gasteiger partial charge in [-0.1, -0.05) is 38.1 Å². The number of amides is 2. The van der Waals surface area contributed by atoms with Crippen LogP contribution in [0.5, 0.6) is 5.75 Å². The summed E-state index contributed by atoms with van der Waals surface area (Å²) in [7, 11) is 1.61. The second kappa shape index (κ2) is 10.4. The van der Waals surface area contributed by atoms with Crippen molar-refractivity contribution >= 4 is 17.8 Å². The van der Waals surface area contributed by atoms with E-state index in [0.29, 0.717) is 36.5 Å². The van der Waals surface area contributed by atoms with Crippen LogP contribution in [0.2, 0.25) is 0 Å². The molecule has 2 heterocycles. The number of fused-ring (bicyclic) bond motifs is 2. The lowest BCUT2D eigenvalue weighted by Gasteiger charge is -2.44. The van der Waals surface area contributed by atoms with Crippen molar-refractivity contribution in [2.45, 2.75) is 63.3 Å². The smallest absolute Gasteiger partial charge is 0.251 e. The Morgan fingerprint density at radius 2 is 2.00 bits per heavy atom. The van der Waals surface area contributed by atoms with Crippen LogP contribution in [0.25, 0.3) is 0 Å². The van der Waals surface area contributed by atoms with Crippen molar-refractivity contribution in [1.82, 2.24) is 10.2 Å². The molecule has 4 N–H and O–H groups in total. The van der Waals surface area contributed by atoms with Gasteiger partial charge >= 0.3 is 0 Å². The highest BCUT2D eigenvalue weighted by Crippen LogP contribution is 2.43. The van der Waals surface area contributed by atoms with Gasteiger partial charge in [0.15, 0.2) is 5.96 Å². The molecule has 0 bridgehead atoms. The van der Waals surface area contributed by atoms with Gasteiger partial charge in [-0.25, -0.2) is 4.99 Å². The lowest BCUT2D eigenvalue weighted by molar-refractivity contribution is -0.133. The molecule has 0 unspecified atom stereocenters. The van der Waals surface area contributed by atoms with E-state index in [1.807, 2.05) is 38.1 Å². The first-order chi connectivity index (χ1) is 18.3. The van der Waals surface area contributed by atoms with Gasteiger partial charge in [0.2, 0.25) is 5.91 Å². The Kier molecular flexibility index (Phi) is 7.15. The average molecular weight is 521 g/mol. The summed E-state index contributed by atoms with van der Waals surface area (Å²) in [5, 5.41) is 13.6. The van der Waals surface area contributed by atoms with Crippen molar-refractivity contribution in [3.63, 3.8) is 0 Å². The molecule has 0 radical (unpaired) electrons. The van der Waals surface area contributed by atoms with Gasteiger partial charge in [0.25, 0.3) is 5.91 Å².